The van der Waals surface area contributed by atoms with Gasteiger partial charge in [-0.1, -0.05) is 11.2 Å². The smallest absolute Gasteiger partial charge is 0.434 e. The zero-order chi connectivity index (χ0) is 25.5. The maximum absolute atomic E-state index is 13.2. The number of thiazole rings is 1. The number of alkyl halides is 3. The van der Waals surface area contributed by atoms with Crippen LogP contribution in [0, 0.1) is 0 Å². The minimum absolute atomic E-state index is 0.00804. The number of aliphatic carboxylic acids is 1. The molecule has 18 heteroatoms. The molecule has 0 spiro atoms. The fraction of sp³-hybridized carbons (Fsp3) is 0.235. The SMILES string of the molecule is Nc1nc(C(=NO)C(=O)NC2S[C@H]3CC(=O)N3C(C(=O)O)=C2C=Cc2scnc2C(F)(F)F)ns1. The standard InChI is InChI=1S/C17H12F3N7O5S3/c18-17(19,20)11-6(33-4-22-11)2-1-5-10(15(30)31)27-7(28)3-8(27)34-14(5)24-13(29)9(25-32)12-23-16(21)35-26-12/h1-2,4,8,14,32H,3H2,(H,24,29)(H,30,31)(H2,21,23,26)/t8-,14?/m0/s1. The number of aromatic nitrogens is 3. The summed E-state index contributed by atoms with van der Waals surface area (Å²) in [5.74, 6) is -3.31. The van der Waals surface area contributed by atoms with Gasteiger partial charge < -0.3 is 21.4 Å². The zero-order valence-electron chi connectivity index (χ0n) is 16.9. The van der Waals surface area contributed by atoms with Crippen molar-refractivity contribution in [3.05, 3.63) is 39.3 Å². The lowest BCUT2D eigenvalue weighted by atomic mass is 10.1. The number of nitrogens with two attached hydrogens (primary N) is 1. The van der Waals surface area contributed by atoms with Crippen molar-refractivity contribution in [1.82, 2.24) is 24.6 Å². The molecule has 0 saturated carbocycles. The number of oxime groups is 1. The van der Waals surface area contributed by atoms with Gasteiger partial charge >= 0.3 is 12.1 Å². The van der Waals surface area contributed by atoms with Crippen molar-refractivity contribution in [2.75, 3.05) is 5.73 Å². The van der Waals surface area contributed by atoms with E-state index >= 15 is 0 Å². The molecule has 0 aromatic carbocycles. The van der Waals surface area contributed by atoms with E-state index in [1.165, 1.54) is 0 Å². The van der Waals surface area contributed by atoms with Gasteiger partial charge in [0.2, 0.25) is 17.4 Å². The zero-order valence-corrected chi connectivity index (χ0v) is 19.3. The second-order valence-corrected chi connectivity index (χ2v) is 9.78. The molecule has 4 rings (SSSR count). The maximum atomic E-state index is 13.2. The van der Waals surface area contributed by atoms with Crippen molar-refractivity contribution in [3.8, 4) is 0 Å². The molecular formula is C17H12F3N7O5S3. The van der Waals surface area contributed by atoms with E-state index in [0.717, 1.165) is 45.9 Å². The number of amides is 2. The summed E-state index contributed by atoms with van der Waals surface area (Å²) in [6.45, 7) is 0. The molecule has 1 saturated heterocycles. The largest absolute Gasteiger partial charge is 0.477 e. The number of nitrogens with zero attached hydrogens (tertiary/aromatic N) is 5. The summed E-state index contributed by atoms with van der Waals surface area (Å²) in [6, 6.07) is 0. The Morgan fingerprint density at radius 1 is 1.34 bits per heavy atom. The first-order chi connectivity index (χ1) is 16.5. The number of nitrogens with one attached hydrogen (secondary N) is 1. The monoisotopic (exact) mass is 547 g/mol. The highest BCUT2D eigenvalue weighted by atomic mass is 32.2. The Hall–Kier alpha value is -3.51. The Kier molecular flexibility index (Phi) is 6.52. The van der Waals surface area contributed by atoms with Crippen LogP contribution >= 0.6 is 34.6 Å². The van der Waals surface area contributed by atoms with Gasteiger partial charge in [0.15, 0.2) is 10.8 Å². The van der Waals surface area contributed by atoms with E-state index < -0.39 is 51.8 Å². The van der Waals surface area contributed by atoms with Crippen LogP contribution in [0.15, 0.2) is 28.0 Å². The first-order valence-corrected chi connectivity index (χ1v) is 11.9. The molecule has 2 atom stereocenters. The molecule has 0 radical (unpaired) electrons. The summed E-state index contributed by atoms with van der Waals surface area (Å²) < 4.78 is 43.4. The van der Waals surface area contributed by atoms with Crippen LogP contribution in [0.3, 0.4) is 0 Å². The Bertz CT molecular complexity index is 1300. The quantitative estimate of drug-likeness (QED) is 0.179. The number of carboxylic acid groups (broad SMARTS) is 1. The number of halogens is 3. The molecule has 1 unspecified atom stereocenters. The average Bonchev–Trinajstić information content (AvgIpc) is 3.41. The summed E-state index contributed by atoms with van der Waals surface area (Å²) in [6.07, 6.45) is -2.68. The van der Waals surface area contributed by atoms with Crippen molar-refractivity contribution < 1.29 is 37.9 Å². The number of thioether (sulfide) groups is 1. The van der Waals surface area contributed by atoms with Crippen LogP contribution in [0.1, 0.15) is 22.8 Å². The van der Waals surface area contributed by atoms with Gasteiger partial charge in [0.1, 0.15) is 11.1 Å². The Morgan fingerprint density at radius 3 is 2.66 bits per heavy atom. The van der Waals surface area contributed by atoms with E-state index in [0.29, 0.717) is 11.3 Å². The van der Waals surface area contributed by atoms with E-state index in [1.54, 1.807) is 0 Å². The molecule has 2 aromatic heterocycles. The van der Waals surface area contributed by atoms with Gasteiger partial charge in [-0.3, -0.25) is 14.5 Å². The Morgan fingerprint density at radius 2 is 2.09 bits per heavy atom. The molecule has 4 heterocycles. The number of carbonyl (C=O) groups excluding carboxylic acids is 2. The summed E-state index contributed by atoms with van der Waals surface area (Å²) in [4.78, 5) is 44.7. The average molecular weight is 548 g/mol. The number of hydrogen-bond donors (Lipinski definition) is 4. The number of β-lactam (4-membered cyclic amide) rings is 1. The van der Waals surface area contributed by atoms with Gasteiger partial charge in [-0.25, -0.2) is 9.78 Å². The van der Waals surface area contributed by atoms with Crippen LogP contribution in [0.4, 0.5) is 18.3 Å². The van der Waals surface area contributed by atoms with Gasteiger partial charge in [-0.2, -0.15) is 22.5 Å². The summed E-state index contributed by atoms with van der Waals surface area (Å²) in [5.41, 5.74) is 4.02. The van der Waals surface area contributed by atoms with Gasteiger partial charge in [0, 0.05) is 17.1 Å². The molecule has 2 aromatic rings. The molecule has 184 valence electrons. The van der Waals surface area contributed by atoms with E-state index in [1.807, 2.05) is 0 Å². The normalized spacial score (nSPS) is 20.7. The van der Waals surface area contributed by atoms with Crippen LogP contribution in [0.2, 0.25) is 0 Å². The van der Waals surface area contributed by atoms with E-state index in [9.17, 15) is 37.9 Å². The van der Waals surface area contributed by atoms with Crippen molar-refractivity contribution in [3.63, 3.8) is 0 Å². The fourth-order valence-electron chi connectivity index (χ4n) is 3.23. The van der Waals surface area contributed by atoms with Gasteiger partial charge in [0.25, 0.3) is 5.91 Å². The number of anilines is 1. The number of hydrogen-bond acceptors (Lipinski definition) is 12. The van der Waals surface area contributed by atoms with Gasteiger partial charge in [0.05, 0.1) is 22.2 Å². The second-order valence-electron chi connectivity index (χ2n) is 6.82. The Labute approximate surface area is 205 Å². The van der Waals surface area contributed by atoms with Crippen LogP contribution < -0.4 is 11.1 Å². The molecule has 2 aliphatic heterocycles. The molecule has 5 N–H and O–H groups in total. The number of fused-ring (bicyclic) bond motifs is 1. The van der Waals surface area contributed by atoms with Crippen LogP contribution in [0.5, 0.6) is 0 Å². The third-order valence-corrected chi connectivity index (χ3v) is 7.38. The van der Waals surface area contributed by atoms with Crippen molar-refractivity contribution in [1.29, 1.82) is 0 Å². The molecule has 2 aliphatic rings. The first-order valence-electron chi connectivity index (χ1n) is 9.27. The van der Waals surface area contributed by atoms with Crippen molar-refractivity contribution in [2.45, 2.75) is 23.3 Å². The van der Waals surface area contributed by atoms with Gasteiger partial charge in [-0.05, 0) is 6.08 Å². The highest BCUT2D eigenvalue weighted by Crippen LogP contribution is 2.44. The minimum atomic E-state index is -4.74. The topological polar surface area (TPSA) is 184 Å². The second kappa shape index (κ2) is 9.27. The lowest BCUT2D eigenvalue weighted by Gasteiger charge is -2.46. The van der Waals surface area contributed by atoms with Crippen LogP contribution in [-0.4, -0.2) is 63.8 Å². The molecule has 2 amide bonds. The maximum Gasteiger partial charge on any atom is 0.434 e. The van der Waals surface area contributed by atoms with E-state index in [2.05, 4.69) is 24.8 Å². The summed E-state index contributed by atoms with van der Waals surface area (Å²) in [5, 5.41) is 22.6. The van der Waals surface area contributed by atoms with E-state index in [-0.39, 0.29) is 27.8 Å². The molecule has 0 bridgehead atoms. The first kappa shape index (κ1) is 24.6. The van der Waals surface area contributed by atoms with Crippen molar-refractivity contribution in [2.24, 2.45) is 5.16 Å². The van der Waals surface area contributed by atoms with Gasteiger partial charge in [-0.15, -0.1) is 23.1 Å². The summed E-state index contributed by atoms with van der Waals surface area (Å²) in [7, 11) is 0. The number of carbonyl (C=O) groups is 3. The molecule has 35 heavy (non-hydrogen) atoms. The third-order valence-electron chi connectivity index (χ3n) is 4.71. The summed E-state index contributed by atoms with van der Waals surface area (Å²) >= 11 is 2.39. The fourth-order valence-corrected chi connectivity index (χ4v) is 5.77. The lowest BCUT2D eigenvalue weighted by molar-refractivity contribution is -0.146. The predicted molar refractivity (Wildman–Crippen MR) is 118 cm³/mol. The van der Waals surface area contributed by atoms with E-state index in [4.69, 9.17) is 5.73 Å². The minimum Gasteiger partial charge on any atom is -0.477 e. The number of carboxylic acids is 1. The highest BCUT2D eigenvalue weighted by Gasteiger charge is 2.48. The molecule has 0 aliphatic carbocycles. The molecular weight excluding hydrogens is 535 g/mol. The van der Waals surface area contributed by atoms with Crippen LogP contribution in [-0.2, 0) is 20.6 Å². The third kappa shape index (κ3) is 4.71. The van der Waals surface area contributed by atoms with Crippen LogP contribution in [0.25, 0.3) is 6.08 Å². The number of nitrogen functional groups attached to an aromatic ring is 1. The number of rotatable bonds is 6. The predicted octanol–water partition coefficient (Wildman–Crippen LogP) is 1.57. The van der Waals surface area contributed by atoms with Crippen molar-refractivity contribution >= 4 is 69.3 Å². The molecule has 12 nitrogen and oxygen atoms in total. The highest BCUT2D eigenvalue weighted by molar-refractivity contribution is 8.00. The molecule has 1 fully saturated rings. The lowest BCUT2D eigenvalue weighted by Crippen LogP contribution is -2.57. The Balaban J connectivity index is 1.72.